The highest BCUT2D eigenvalue weighted by Crippen LogP contribution is 1.86. The molecular formula is C7H11ClO. The molecule has 0 aromatic rings. The van der Waals surface area contributed by atoms with Gasteiger partial charge in [-0.2, -0.15) is 0 Å². The molecule has 0 fully saturated rings. The van der Waals surface area contributed by atoms with E-state index in [0.29, 0.717) is 18.9 Å². The maximum absolute atomic E-state index is 5.39. The molecule has 0 saturated heterocycles. The van der Waals surface area contributed by atoms with Crippen molar-refractivity contribution in [1.82, 2.24) is 0 Å². The van der Waals surface area contributed by atoms with Gasteiger partial charge in [0.2, 0.25) is 0 Å². The van der Waals surface area contributed by atoms with Crippen molar-refractivity contribution in [2.75, 3.05) is 19.1 Å². The van der Waals surface area contributed by atoms with Crippen LogP contribution in [-0.4, -0.2) is 19.1 Å². The molecule has 0 aromatic heterocycles. The maximum atomic E-state index is 5.39. The standard InChI is InChI=1S/C7H11ClO/c1-2-3-6-9-7-4-5-8/h1H,3-7H2. The highest BCUT2D eigenvalue weighted by atomic mass is 35.5. The highest BCUT2D eigenvalue weighted by molar-refractivity contribution is 6.17. The van der Waals surface area contributed by atoms with Gasteiger partial charge in [0.25, 0.3) is 0 Å². The summed E-state index contributed by atoms with van der Waals surface area (Å²) in [5.41, 5.74) is 0. The van der Waals surface area contributed by atoms with Gasteiger partial charge in [-0.15, -0.1) is 23.9 Å². The molecule has 0 unspecified atom stereocenters. The second-order valence-corrected chi connectivity index (χ2v) is 1.99. The third-order valence-corrected chi connectivity index (χ3v) is 1.08. The van der Waals surface area contributed by atoms with E-state index in [0.717, 1.165) is 13.0 Å². The Labute approximate surface area is 61.3 Å². The van der Waals surface area contributed by atoms with E-state index in [1.807, 2.05) is 0 Å². The Hall–Kier alpha value is -0.190. The fourth-order valence-corrected chi connectivity index (χ4v) is 0.499. The van der Waals surface area contributed by atoms with E-state index in [2.05, 4.69) is 5.92 Å². The third-order valence-electron chi connectivity index (χ3n) is 0.813. The second kappa shape index (κ2) is 7.81. The van der Waals surface area contributed by atoms with Crippen molar-refractivity contribution < 1.29 is 4.74 Å². The van der Waals surface area contributed by atoms with Gasteiger partial charge in [0, 0.05) is 18.9 Å². The molecule has 0 aromatic carbocycles. The largest absolute Gasteiger partial charge is 0.380 e. The lowest BCUT2D eigenvalue weighted by Gasteiger charge is -1.96. The van der Waals surface area contributed by atoms with Crippen LogP contribution in [-0.2, 0) is 4.74 Å². The second-order valence-electron chi connectivity index (χ2n) is 1.61. The van der Waals surface area contributed by atoms with Crippen molar-refractivity contribution in [3.63, 3.8) is 0 Å². The average molecular weight is 147 g/mol. The van der Waals surface area contributed by atoms with Crippen LogP contribution in [0.2, 0.25) is 0 Å². The molecule has 0 spiro atoms. The molecule has 0 atom stereocenters. The number of halogens is 1. The van der Waals surface area contributed by atoms with Crippen molar-refractivity contribution in [3.8, 4) is 12.3 Å². The van der Waals surface area contributed by atoms with E-state index in [1.165, 1.54) is 0 Å². The summed E-state index contributed by atoms with van der Waals surface area (Å²) in [6, 6.07) is 0. The average Bonchev–Trinajstić information content (AvgIpc) is 1.89. The molecule has 0 aliphatic rings. The van der Waals surface area contributed by atoms with Crippen LogP contribution in [0.15, 0.2) is 0 Å². The van der Waals surface area contributed by atoms with Crippen LogP contribution in [0.4, 0.5) is 0 Å². The fourth-order valence-electron chi connectivity index (χ4n) is 0.390. The molecule has 52 valence electrons. The predicted molar refractivity (Wildman–Crippen MR) is 39.6 cm³/mol. The van der Waals surface area contributed by atoms with Crippen LogP contribution < -0.4 is 0 Å². The molecule has 1 nitrogen and oxygen atoms in total. The van der Waals surface area contributed by atoms with Crippen LogP contribution in [0.25, 0.3) is 0 Å². The summed E-state index contributed by atoms with van der Waals surface area (Å²) in [6.45, 7) is 1.39. The summed E-state index contributed by atoms with van der Waals surface area (Å²) < 4.78 is 5.09. The van der Waals surface area contributed by atoms with Crippen LogP contribution >= 0.6 is 11.6 Å². The summed E-state index contributed by atoms with van der Waals surface area (Å²) in [7, 11) is 0. The van der Waals surface area contributed by atoms with Crippen LogP contribution in [0.5, 0.6) is 0 Å². The summed E-state index contributed by atoms with van der Waals surface area (Å²) in [5, 5.41) is 0. The monoisotopic (exact) mass is 146 g/mol. The normalized spacial score (nSPS) is 8.89. The Morgan fingerprint density at radius 2 is 2.22 bits per heavy atom. The number of alkyl halides is 1. The highest BCUT2D eigenvalue weighted by Gasteiger charge is 1.84. The SMILES string of the molecule is C#CCCOCCCCl. The number of rotatable bonds is 5. The van der Waals surface area contributed by atoms with Gasteiger partial charge in [-0.3, -0.25) is 0 Å². The summed E-state index contributed by atoms with van der Waals surface area (Å²) in [6.07, 6.45) is 6.59. The Morgan fingerprint density at radius 1 is 1.44 bits per heavy atom. The lowest BCUT2D eigenvalue weighted by Crippen LogP contribution is -1.95. The van der Waals surface area contributed by atoms with Crippen molar-refractivity contribution in [2.45, 2.75) is 12.8 Å². The lowest BCUT2D eigenvalue weighted by molar-refractivity contribution is 0.141. The minimum atomic E-state index is 0.660. The maximum Gasteiger partial charge on any atom is 0.0575 e. The zero-order chi connectivity index (χ0) is 6.95. The van der Waals surface area contributed by atoms with E-state index in [4.69, 9.17) is 22.8 Å². The first-order valence-corrected chi connectivity index (χ1v) is 3.52. The van der Waals surface area contributed by atoms with Gasteiger partial charge in [-0.25, -0.2) is 0 Å². The molecule has 0 heterocycles. The number of hydrogen-bond donors (Lipinski definition) is 0. The fraction of sp³-hybridized carbons (Fsp3) is 0.714. The molecule has 0 amide bonds. The van der Waals surface area contributed by atoms with Gasteiger partial charge in [0.15, 0.2) is 0 Å². The van der Waals surface area contributed by atoms with Crippen LogP contribution in [0, 0.1) is 12.3 Å². The Bertz CT molecular complexity index is 85.4. The molecule has 0 saturated carbocycles. The van der Waals surface area contributed by atoms with Gasteiger partial charge in [-0.05, 0) is 6.42 Å². The predicted octanol–water partition coefficient (Wildman–Crippen LogP) is 1.66. The van der Waals surface area contributed by atoms with E-state index in [1.54, 1.807) is 0 Å². The zero-order valence-corrected chi connectivity index (χ0v) is 6.16. The minimum Gasteiger partial charge on any atom is -0.380 e. The zero-order valence-electron chi connectivity index (χ0n) is 5.40. The van der Waals surface area contributed by atoms with Gasteiger partial charge < -0.3 is 4.74 Å². The molecule has 0 bridgehead atoms. The third kappa shape index (κ3) is 7.81. The first-order chi connectivity index (χ1) is 4.41. The van der Waals surface area contributed by atoms with E-state index < -0.39 is 0 Å². The number of ether oxygens (including phenoxy) is 1. The van der Waals surface area contributed by atoms with E-state index >= 15 is 0 Å². The number of hydrogen-bond acceptors (Lipinski definition) is 1. The van der Waals surface area contributed by atoms with Gasteiger partial charge >= 0.3 is 0 Å². The van der Waals surface area contributed by atoms with Gasteiger partial charge in [-0.1, -0.05) is 0 Å². The summed E-state index contributed by atoms with van der Waals surface area (Å²) in [4.78, 5) is 0. The molecular weight excluding hydrogens is 136 g/mol. The van der Waals surface area contributed by atoms with Crippen LogP contribution in [0.1, 0.15) is 12.8 Å². The molecule has 0 aliphatic heterocycles. The molecule has 2 heteroatoms. The van der Waals surface area contributed by atoms with Crippen molar-refractivity contribution in [1.29, 1.82) is 0 Å². The molecule has 0 rings (SSSR count). The first-order valence-electron chi connectivity index (χ1n) is 2.99. The van der Waals surface area contributed by atoms with E-state index in [-0.39, 0.29) is 0 Å². The molecule has 0 radical (unpaired) electrons. The van der Waals surface area contributed by atoms with Crippen molar-refractivity contribution in [3.05, 3.63) is 0 Å². The first kappa shape index (κ1) is 8.81. The molecule has 0 aliphatic carbocycles. The summed E-state index contributed by atoms with van der Waals surface area (Å²) >= 11 is 5.39. The van der Waals surface area contributed by atoms with Crippen molar-refractivity contribution >= 4 is 11.6 Å². The molecule has 9 heavy (non-hydrogen) atoms. The summed E-state index contributed by atoms with van der Waals surface area (Å²) in [5.74, 6) is 3.15. The van der Waals surface area contributed by atoms with Gasteiger partial charge in [0.1, 0.15) is 0 Å². The topological polar surface area (TPSA) is 9.23 Å². The quantitative estimate of drug-likeness (QED) is 0.326. The minimum absolute atomic E-state index is 0.660. The lowest BCUT2D eigenvalue weighted by atomic mass is 10.5. The Kier molecular flexibility index (Phi) is 7.65. The Morgan fingerprint density at radius 3 is 2.78 bits per heavy atom. The van der Waals surface area contributed by atoms with Gasteiger partial charge in [0.05, 0.1) is 6.61 Å². The van der Waals surface area contributed by atoms with E-state index in [9.17, 15) is 0 Å². The van der Waals surface area contributed by atoms with Crippen molar-refractivity contribution in [2.24, 2.45) is 0 Å². The smallest absolute Gasteiger partial charge is 0.0575 e. The Balaban J connectivity index is 2.69. The number of terminal acetylenes is 1. The van der Waals surface area contributed by atoms with Crippen LogP contribution in [0.3, 0.4) is 0 Å². The molecule has 0 N–H and O–H groups in total.